The fourth-order valence-electron chi connectivity index (χ4n) is 0.241. The average Bonchev–Trinajstić information content (AvgIpc) is 1.89. The van der Waals surface area contributed by atoms with Crippen molar-refractivity contribution < 1.29 is 19.7 Å². The van der Waals surface area contributed by atoms with Crippen LogP contribution in [0.3, 0.4) is 0 Å². The molecule has 54 valence electrons. The van der Waals surface area contributed by atoms with E-state index >= 15 is 0 Å². The standard InChI is InChI=1S/C5H10O4/c1-5(2-6,3-7)9-4-8/h4,6-7H,2-3H2,1H3. The van der Waals surface area contributed by atoms with Crippen LogP contribution in [0.2, 0.25) is 0 Å². The molecular formula is C5H10O4. The SMILES string of the molecule is CC(CO)(CO)OC=O. The molecule has 4 heteroatoms. The van der Waals surface area contributed by atoms with E-state index in [2.05, 4.69) is 4.74 Å². The molecule has 0 saturated carbocycles. The van der Waals surface area contributed by atoms with Crippen molar-refractivity contribution in [3.8, 4) is 0 Å². The summed E-state index contributed by atoms with van der Waals surface area (Å²) in [5, 5.41) is 16.9. The number of hydrogen-bond donors (Lipinski definition) is 2. The third kappa shape index (κ3) is 2.43. The lowest BCUT2D eigenvalue weighted by atomic mass is 10.1. The second-order valence-corrected chi connectivity index (χ2v) is 1.98. The Kier molecular flexibility index (Phi) is 3.19. The Hall–Kier alpha value is -0.610. The lowest BCUT2D eigenvalue weighted by Gasteiger charge is -2.21. The quantitative estimate of drug-likeness (QED) is 0.479. The summed E-state index contributed by atoms with van der Waals surface area (Å²) in [5.41, 5.74) is -1.12. The first-order valence-electron chi connectivity index (χ1n) is 2.52. The van der Waals surface area contributed by atoms with Gasteiger partial charge in [-0.2, -0.15) is 0 Å². The molecule has 2 N–H and O–H groups in total. The van der Waals surface area contributed by atoms with Crippen LogP contribution in [0, 0.1) is 0 Å². The fourth-order valence-corrected chi connectivity index (χ4v) is 0.241. The van der Waals surface area contributed by atoms with Crippen molar-refractivity contribution in [2.24, 2.45) is 0 Å². The number of carbonyl (C=O) groups is 1. The van der Waals surface area contributed by atoms with Crippen molar-refractivity contribution in [2.75, 3.05) is 13.2 Å². The molecule has 0 amide bonds. The van der Waals surface area contributed by atoms with Crippen molar-refractivity contribution in [3.63, 3.8) is 0 Å². The molecule has 0 saturated heterocycles. The lowest BCUT2D eigenvalue weighted by Crippen LogP contribution is -2.36. The molecule has 0 aliphatic heterocycles. The van der Waals surface area contributed by atoms with Crippen LogP contribution in [0.4, 0.5) is 0 Å². The first kappa shape index (κ1) is 8.39. The van der Waals surface area contributed by atoms with Gasteiger partial charge in [-0.1, -0.05) is 0 Å². The van der Waals surface area contributed by atoms with Crippen molar-refractivity contribution in [2.45, 2.75) is 12.5 Å². The molecule has 0 aliphatic rings. The van der Waals surface area contributed by atoms with E-state index in [0.29, 0.717) is 0 Å². The van der Waals surface area contributed by atoms with Gasteiger partial charge in [0.05, 0.1) is 13.2 Å². The molecule has 9 heavy (non-hydrogen) atoms. The number of aliphatic hydroxyl groups excluding tert-OH is 2. The maximum absolute atomic E-state index is 9.69. The van der Waals surface area contributed by atoms with Gasteiger partial charge in [0, 0.05) is 0 Å². The van der Waals surface area contributed by atoms with Gasteiger partial charge in [0.2, 0.25) is 0 Å². The molecule has 0 rings (SSSR count). The van der Waals surface area contributed by atoms with E-state index < -0.39 is 5.60 Å². The van der Waals surface area contributed by atoms with Crippen LogP contribution in [-0.2, 0) is 9.53 Å². The summed E-state index contributed by atoms with van der Waals surface area (Å²) in [5.74, 6) is 0. The summed E-state index contributed by atoms with van der Waals surface area (Å²) in [4.78, 5) is 9.69. The van der Waals surface area contributed by atoms with Crippen LogP contribution in [0.1, 0.15) is 6.92 Å². The molecule has 0 fully saturated rings. The van der Waals surface area contributed by atoms with E-state index in [9.17, 15) is 4.79 Å². The van der Waals surface area contributed by atoms with Gasteiger partial charge in [-0.25, -0.2) is 0 Å². The highest BCUT2D eigenvalue weighted by molar-refractivity contribution is 5.38. The third-order valence-electron chi connectivity index (χ3n) is 1.00. The van der Waals surface area contributed by atoms with E-state index in [1.54, 1.807) is 0 Å². The largest absolute Gasteiger partial charge is 0.457 e. The molecule has 0 aromatic carbocycles. The van der Waals surface area contributed by atoms with Crippen molar-refractivity contribution >= 4 is 6.47 Å². The van der Waals surface area contributed by atoms with Gasteiger partial charge in [-0.3, -0.25) is 4.79 Å². The van der Waals surface area contributed by atoms with Crippen LogP contribution in [0.25, 0.3) is 0 Å². The maximum atomic E-state index is 9.69. The molecule has 0 aliphatic carbocycles. The normalized spacial score (nSPS) is 11.0. The third-order valence-corrected chi connectivity index (χ3v) is 1.00. The summed E-state index contributed by atoms with van der Waals surface area (Å²) in [6.45, 7) is 0.887. The van der Waals surface area contributed by atoms with Gasteiger partial charge in [0.1, 0.15) is 0 Å². The topological polar surface area (TPSA) is 66.8 Å². The van der Waals surface area contributed by atoms with E-state index in [1.807, 2.05) is 0 Å². The maximum Gasteiger partial charge on any atom is 0.293 e. The highest BCUT2D eigenvalue weighted by atomic mass is 16.6. The molecular weight excluding hydrogens is 124 g/mol. The van der Waals surface area contributed by atoms with E-state index in [0.717, 1.165) is 0 Å². The van der Waals surface area contributed by atoms with Gasteiger partial charge >= 0.3 is 0 Å². The van der Waals surface area contributed by atoms with Gasteiger partial charge in [-0.15, -0.1) is 0 Å². The molecule has 0 atom stereocenters. The number of hydrogen-bond acceptors (Lipinski definition) is 4. The van der Waals surface area contributed by atoms with Gasteiger partial charge in [0.15, 0.2) is 5.60 Å². The Morgan fingerprint density at radius 2 is 2.00 bits per heavy atom. The highest BCUT2D eigenvalue weighted by Gasteiger charge is 2.22. The summed E-state index contributed by atoms with van der Waals surface area (Å²) in [6.07, 6.45) is 0. The van der Waals surface area contributed by atoms with Gasteiger partial charge < -0.3 is 14.9 Å². The van der Waals surface area contributed by atoms with Crippen molar-refractivity contribution in [3.05, 3.63) is 0 Å². The lowest BCUT2D eigenvalue weighted by molar-refractivity contribution is -0.150. The first-order chi connectivity index (χ1) is 4.18. The zero-order valence-corrected chi connectivity index (χ0v) is 5.20. The number of rotatable bonds is 4. The second kappa shape index (κ2) is 3.42. The molecule has 0 bridgehead atoms. The zero-order chi connectivity index (χ0) is 7.33. The monoisotopic (exact) mass is 134 g/mol. The minimum atomic E-state index is -1.12. The van der Waals surface area contributed by atoms with Crippen molar-refractivity contribution in [1.82, 2.24) is 0 Å². The molecule has 0 spiro atoms. The minimum Gasteiger partial charge on any atom is -0.457 e. The predicted molar refractivity (Wildman–Crippen MR) is 29.7 cm³/mol. The first-order valence-corrected chi connectivity index (χ1v) is 2.52. The Labute approximate surface area is 53.1 Å². The Bertz CT molecular complexity index is 87.0. The predicted octanol–water partition coefficient (Wildman–Crippen LogP) is -1.10. The molecule has 0 aromatic rings. The summed E-state index contributed by atoms with van der Waals surface area (Å²) >= 11 is 0. The van der Waals surface area contributed by atoms with Crippen LogP contribution in [0.5, 0.6) is 0 Å². The smallest absolute Gasteiger partial charge is 0.293 e. The molecule has 0 heterocycles. The van der Waals surface area contributed by atoms with Crippen LogP contribution < -0.4 is 0 Å². The van der Waals surface area contributed by atoms with Crippen LogP contribution >= 0.6 is 0 Å². The fraction of sp³-hybridized carbons (Fsp3) is 0.800. The summed E-state index contributed by atoms with van der Waals surface area (Å²) < 4.78 is 4.35. The summed E-state index contributed by atoms with van der Waals surface area (Å²) in [6, 6.07) is 0. The summed E-state index contributed by atoms with van der Waals surface area (Å²) in [7, 11) is 0. The number of aliphatic hydroxyl groups is 2. The van der Waals surface area contributed by atoms with Crippen LogP contribution in [-0.4, -0.2) is 35.5 Å². The molecule has 0 aromatic heterocycles. The number of carbonyl (C=O) groups excluding carboxylic acids is 1. The van der Waals surface area contributed by atoms with Gasteiger partial charge in [-0.05, 0) is 6.92 Å². The molecule has 4 nitrogen and oxygen atoms in total. The minimum absolute atomic E-state index is 0.201. The van der Waals surface area contributed by atoms with Crippen LogP contribution in [0.15, 0.2) is 0 Å². The Balaban J connectivity index is 3.75. The number of ether oxygens (including phenoxy) is 1. The average molecular weight is 134 g/mol. The van der Waals surface area contributed by atoms with E-state index in [1.165, 1.54) is 6.92 Å². The zero-order valence-electron chi connectivity index (χ0n) is 5.20. The van der Waals surface area contributed by atoms with Gasteiger partial charge in [0.25, 0.3) is 6.47 Å². The van der Waals surface area contributed by atoms with Crippen molar-refractivity contribution in [1.29, 1.82) is 0 Å². The molecule has 0 radical (unpaired) electrons. The molecule has 0 unspecified atom stereocenters. The van der Waals surface area contributed by atoms with E-state index in [4.69, 9.17) is 10.2 Å². The second-order valence-electron chi connectivity index (χ2n) is 1.98. The van der Waals surface area contributed by atoms with E-state index in [-0.39, 0.29) is 19.7 Å². The Morgan fingerprint density at radius 1 is 1.56 bits per heavy atom. The Morgan fingerprint density at radius 3 is 2.11 bits per heavy atom. The highest BCUT2D eigenvalue weighted by Crippen LogP contribution is 2.04.